The van der Waals surface area contributed by atoms with Gasteiger partial charge in [0.05, 0.1) is 24.5 Å². The van der Waals surface area contributed by atoms with Crippen LogP contribution in [0.2, 0.25) is 0 Å². The molecule has 0 spiro atoms. The van der Waals surface area contributed by atoms with E-state index in [4.69, 9.17) is 4.74 Å². The standard InChI is InChI=1S/C12H18N4O2/c1-3-14-10-7-13-6-9(15-10)11(17)16-12(2)4-5-18-8-12/h6-7H,3-5,8H2,1-2H3,(H,14,15)(H,16,17). The van der Waals surface area contributed by atoms with E-state index in [9.17, 15) is 4.79 Å². The van der Waals surface area contributed by atoms with Crippen LogP contribution < -0.4 is 10.6 Å². The number of anilines is 1. The van der Waals surface area contributed by atoms with Crippen molar-refractivity contribution in [1.29, 1.82) is 0 Å². The highest BCUT2D eigenvalue weighted by Gasteiger charge is 2.31. The van der Waals surface area contributed by atoms with Crippen molar-refractivity contribution in [2.45, 2.75) is 25.8 Å². The lowest BCUT2D eigenvalue weighted by atomic mass is 10.0. The highest BCUT2D eigenvalue weighted by atomic mass is 16.5. The van der Waals surface area contributed by atoms with E-state index in [1.807, 2.05) is 13.8 Å². The number of hydrogen-bond donors (Lipinski definition) is 2. The Kier molecular flexibility index (Phi) is 3.76. The fourth-order valence-corrected chi connectivity index (χ4v) is 1.85. The molecule has 6 heteroatoms. The molecule has 0 radical (unpaired) electrons. The number of nitrogens with one attached hydrogen (secondary N) is 2. The Morgan fingerprint density at radius 2 is 2.39 bits per heavy atom. The number of carbonyl (C=O) groups is 1. The summed E-state index contributed by atoms with van der Waals surface area (Å²) >= 11 is 0. The highest BCUT2D eigenvalue weighted by molar-refractivity contribution is 5.92. The first-order chi connectivity index (χ1) is 8.63. The van der Waals surface area contributed by atoms with Gasteiger partial charge in [0.15, 0.2) is 0 Å². The molecule has 1 amide bonds. The summed E-state index contributed by atoms with van der Waals surface area (Å²) < 4.78 is 5.30. The summed E-state index contributed by atoms with van der Waals surface area (Å²) in [6.45, 7) is 5.90. The predicted octanol–water partition coefficient (Wildman–Crippen LogP) is 0.817. The molecule has 0 aromatic carbocycles. The van der Waals surface area contributed by atoms with Crippen molar-refractivity contribution >= 4 is 11.7 Å². The molecule has 18 heavy (non-hydrogen) atoms. The molecule has 2 rings (SSSR count). The molecule has 1 aliphatic rings. The van der Waals surface area contributed by atoms with Crippen molar-refractivity contribution in [2.24, 2.45) is 0 Å². The first-order valence-electron chi connectivity index (χ1n) is 6.09. The van der Waals surface area contributed by atoms with Gasteiger partial charge in [-0.1, -0.05) is 0 Å². The topological polar surface area (TPSA) is 76.1 Å². The van der Waals surface area contributed by atoms with Crippen LogP contribution in [-0.2, 0) is 4.74 Å². The summed E-state index contributed by atoms with van der Waals surface area (Å²) in [5.41, 5.74) is 0.0222. The van der Waals surface area contributed by atoms with Gasteiger partial charge in [-0.3, -0.25) is 9.78 Å². The van der Waals surface area contributed by atoms with E-state index in [1.165, 1.54) is 6.20 Å². The number of amides is 1. The number of hydrogen-bond acceptors (Lipinski definition) is 5. The molecule has 1 unspecified atom stereocenters. The molecule has 2 N–H and O–H groups in total. The quantitative estimate of drug-likeness (QED) is 0.827. The average Bonchev–Trinajstić information content (AvgIpc) is 2.76. The van der Waals surface area contributed by atoms with Gasteiger partial charge in [0, 0.05) is 13.2 Å². The Bertz CT molecular complexity index is 430. The third-order valence-electron chi connectivity index (χ3n) is 2.86. The number of ether oxygens (including phenoxy) is 1. The zero-order valence-corrected chi connectivity index (χ0v) is 10.7. The van der Waals surface area contributed by atoms with Crippen molar-refractivity contribution in [3.05, 3.63) is 18.1 Å². The second-order valence-electron chi connectivity index (χ2n) is 4.64. The zero-order chi connectivity index (χ0) is 13.0. The average molecular weight is 250 g/mol. The van der Waals surface area contributed by atoms with Crippen LogP contribution in [0.5, 0.6) is 0 Å². The molecule has 98 valence electrons. The number of carbonyl (C=O) groups excluding carboxylic acids is 1. The zero-order valence-electron chi connectivity index (χ0n) is 10.7. The van der Waals surface area contributed by atoms with E-state index in [1.54, 1.807) is 6.20 Å². The van der Waals surface area contributed by atoms with Crippen LogP contribution in [0.1, 0.15) is 30.8 Å². The van der Waals surface area contributed by atoms with E-state index in [0.29, 0.717) is 24.7 Å². The molecule has 1 saturated heterocycles. The largest absolute Gasteiger partial charge is 0.379 e. The van der Waals surface area contributed by atoms with Crippen LogP contribution in [-0.4, -0.2) is 41.2 Å². The first kappa shape index (κ1) is 12.8. The smallest absolute Gasteiger partial charge is 0.272 e. The fourth-order valence-electron chi connectivity index (χ4n) is 1.85. The molecule has 6 nitrogen and oxygen atoms in total. The maximum Gasteiger partial charge on any atom is 0.272 e. The molecule has 0 saturated carbocycles. The number of aromatic nitrogens is 2. The van der Waals surface area contributed by atoms with Crippen LogP contribution >= 0.6 is 0 Å². The normalized spacial score (nSPS) is 22.8. The Morgan fingerprint density at radius 1 is 1.56 bits per heavy atom. The third kappa shape index (κ3) is 2.95. The maximum atomic E-state index is 12.1. The molecule has 1 aliphatic heterocycles. The summed E-state index contributed by atoms with van der Waals surface area (Å²) in [6.07, 6.45) is 3.88. The van der Waals surface area contributed by atoms with Gasteiger partial charge < -0.3 is 15.4 Å². The van der Waals surface area contributed by atoms with E-state index in [0.717, 1.165) is 13.0 Å². The Morgan fingerprint density at radius 3 is 3.06 bits per heavy atom. The predicted molar refractivity (Wildman–Crippen MR) is 67.5 cm³/mol. The van der Waals surface area contributed by atoms with Crippen molar-refractivity contribution in [3.8, 4) is 0 Å². The minimum Gasteiger partial charge on any atom is -0.379 e. The molecule has 1 atom stereocenters. The Hall–Kier alpha value is -1.69. The van der Waals surface area contributed by atoms with Gasteiger partial charge in [0.25, 0.3) is 5.91 Å². The monoisotopic (exact) mass is 250 g/mol. The summed E-state index contributed by atoms with van der Waals surface area (Å²) in [5.74, 6) is 0.397. The minimum absolute atomic E-state index is 0.213. The van der Waals surface area contributed by atoms with Gasteiger partial charge in [0.1, 0.15) is 11.5 Å². The third-order valence-corrected chi connectivity index (χ3v) is 2.86. The first-order valence-corrected chi connectivity index (χ1v) is 6.09. The van der Waals surface area contributed by atoms with E-state index in [2.05, 4.69) is 20.6 Å². The molecular weight excluding hydrogens is 232 g/mol. The van der Waals surface area contributed by atoms with Crippen molar-refractivity contribution in [2.75, 3.05) is 25.1 Å². The molecule has 0 bridgehead atoms. The second-order valence-corrected chi connectivity index (χ2v) is 4.64. The van der Waals surface area contributed by atoms with E-state index in [-0.39, 0.29) is 11.4 Å². The summed E-state index contributed by atoms with van der Waals surface area (Å²) in [6, 6.07) is 0. The van der Waals surface area contributed by atoms with Crippen LogP contribution in [0.4, 0.5) is 5.82 Å². The van der Waals surface area contributed by atoms with Crippen molar-refractivity contribution in [3.63, 3.8) is 0 Å². The van der Waals surface area contributed by atoms with Gasteiger partial charge in [-0.05, 0) is 20.3 Å². The summed E-state index contributed by atoms with van der Waals surface area (Å²) in [5, 5.41) is 5.97. The molecule has 1 aromatic rings. The second kappa shape index (κ2) is 5.30. The number of rotatable bonds is 4. The van der Waals surface area contributed by atoms with Gasteiger partial charge in [-0.25, -0.2) is 4.98 Å². The number of nitrogens with zero attached hydrogens (tertiary/aromatic N) is 2. The van der Waals surface area contributed by atoms with E-state index >= 15 is 0 Å². The SMILES string of the molecule is CCNc1cncc(C(=O)NC2(C)CCOC2)n1. The lowest BCUT2D eigenvalue weighted by Gasteiger charge is -2.23. The fraction of sp³-hybridized carbons (Fsp3) is 0.583. The molecular formula is C12H18N4O2. The Balaban J connectivity index is 2.06. The maximum absolute atomic E-state index is 12.1. The van der Waals surface area contributed by atoms with Crippen molar-refractivity contribution < 1.29 is 9.53 Å². The van der Waals surface area contributed by atoms with Crippen LogP contribution in [0.3, 0.4) is 0 Å². The molecule has 1 aromatic heterocycles. The van der Waals surface area contributed by atoms with E-state index < -0.39 is 0 Å². The molecule has 2 heterocycles. The molecule has 1 fully saturated rings. The lowest BCUT2D eigenvalue weighted by Crippen LogP contribution is -2.46. The van der Waals surface area contributed by atoms with Crippen molar-refractivity contribution in [1.82, 2.24) is 15.3 Å². The molecule has 0 aliphatic carbocycles. The van der Waals surface area contributed by atoms with Gasteiger partial charge in [-0.15, -0.1) is 0 Å². The van der Waals surface area contributed by atoms with Gasteiger partial charge in [0.2, 0.25) is 0 Å². The lowest BCUT2D eigenvalue weighted by molar-refractivity contribution is 0.0884. The minimum atomic E-state index is -0.299. The van der Waals surface area contributed by atoms with Gasteiger partial charge >= 0.3 is 0 Å². The van der Waals surface area contributed by atoms with Crippen LogP contribution in [0, 0.1) is 0 Å². The van der Waals surface area contributed by atoms with Crippen LogP contribution in [0.25, 0.3) is 0 Å². The van der Waals surface area contributed by atoms with Gasteiger partial charge in [-0.2, -0.15) is 0 Å². The summed E-state index contributed by atoms with van der Waals surface area (Å²) in [7, 11) is 0. The van der Waals surface area contributed by atoms with Crippen LogP contribution in [0.15, 0.2) is 12.4 Å². The summed E-state index contributed by atoms with van der Waals surface area (Å²) in [4.78, 5) is 20.3. The highest BCUT2D eigenvalue weighted by Crippen LogP contribution is 2.18. The Labute approximate surface area is 106 Å².